The van der Waals surface area contributed by atoms with Crippen LogP contribution in [0.1, 0.15) is 59.8 Å². The zero-order valence-electron chi connectivity index (χ0n) is 13.6. The lowest BCUT2D eigenvalue weighted by Gasteiger charge is -2.44. The summed E-state index contributed by atoms with van der Waals surface area (Å²) in [6, 6.07) is 1.23. The molecule has 1 rings (SSSR count). The first-order chi connectivity index (χ1) is 8.95. The summed E-state index contributed by atoms with van der Waals surface area (Å²) < 4.78 is 5.59. The van der Waals surface area contributed by atoms with E-state index < -0.39 is 0 Å². The molecule has 19 heavy (non-hydrogen) atoms. The lowest BCUT2D eigenvalue weighted by molar-refractivity contribution is -0.0200. The van der Waals surface area contributed by atoms with Crippen LogP contribution in [0.4, 0.5) is 0 Å². The molecule has 0 heterocycles. The monoisotopic (exact) mass is 270 g/mol. The number of methoxy groups -OCH3 is 1. The summed E-state index contributed by atoms with van der Waals surface area (Å²) in [5.41, 5.74) is 5.95. The van der Waals surface area contributed by atoms with E-state index in [-0.39, 0.29) is 5.60 Å². The molecule has 0 radical (unpaired) electrons. The Balaban J connectivity index is 2.69. The highest BCUT2D eigenvalue weighted by Crippen LogP contribution is 2.31. The van der Waals surface area contributed by atoms with Crippen LogP contribution in [-0.4, -0.2) is 42.8 Å². The number of rotatable bonds is 7. The van der Waals surface area contributed by atoms with Crippen LogP contribution in [0.5, 0.6) is 0 Å². The molecule has 0 aliphatic heterocycles. The van der Waals surface area contributed by atoms with Gasteiger partial charge in [0.25, 0.3) is 0 Å². The third-order valence-corrected chi connectivity index (χ3v) is 4.87. The van der Waals surface area contributed by atoms with Crippen molar-refractivity contribution in [3.8, 4) is 0 Å². The molecule has 3 atom stereocenters. The molecule has 0 bridgehead atoms. The van der Waals surface area contributed by atoms with E-state index in [1.807, 2.05) is 7.11 Å². The molecule has 0 aromatic rings. The van der Waals surface area contributed by atoms with Crippen LogP contribution >= 0.6 is 0 Å². The van der Waals surface area contributed by atoms with Gasteiger partial charge in [-0.1, -0.05) is 19.8 Å². The van der Waals surface area contributed by atoms with Gasteiger partial charge >= 0.3 is 0 Å². The highest BCUT2D eigenvalue weighted by atomic mass is 16.5. The van der Waals surface area contributed by atoms with Gasteiger partial charge in [0.15, 0.2) is 0 Å². The number of nitrogens with zero attached hydrogens (tertiary/aromatic N) is 1. The van der Waals surface area contributed by atoms with Gasteiger partial charge in [0.2, 0.25) is 0 Å². The molecule has 3 nitrogen and oxygen atoms in total. The van der Waals surface area contributed by atoms with Crippen molar-refractivity contribution in [2.45, 2.75) is 77.5 Å². The second kappa shape index (κ2) is 7.61. The molecule has 0 aromatic carbocycles. The Labute approximate surface area is 119 Å². The minimum absolute atomic E-state index is 0.0419. The molecule has 1 fully saturated rings. The van der Waals surface area contributed by atoms with Gasteiger partial charge < -0.3 is 10.5 Å². The Kier molecular flexibility index (Phi) is 6.78. The summed E-state index contributed by atoms with van der Waals surface area (Å²) in [5.74, 6) is 0.682. The Bertz CT molecular complexity index is 255. The van der Waals surface area contributed by atoms with E-state index in [1.54, 1.807) is 0 Å². The highest BCUT2D eigenvalue weighted by molar-refractivity contribution is 4.88. The van der Waals surface area contributed by atoms with Crippen LogP contribution in [0.25, 0.3) is 0 Å². The Morgan fingerprint density at radius 2 is 1.95 bits per heavy atom. The van der Waals surface area contributed by atoms with Gasteiger partial charge in [-0.2, -0.15) is 0 Å². The molecule has 3 unspecified atom stereocenters. The van der Waals surface area contributed by atoms with Gasteiger partial charge in [-0.25, -0.2) is 0 Å². The van der Waals surface area contributed by atoms with Gasteiger partial charge in [-0.3, -0.25) is 4.90 Å². The fourth-order valence-corrected chi connectivity index (χ4v) is 3.68. The molecule has 0 spiro atoms. The van der Waals surface area contributed by atoms with Crippen LogP contribution in [0.3, 0.4) is 0 Å². The second-order valence-corrected chi connectivity index (χ2v) is 6.69. The SMILES string of the molecule is CCN(C(C)CC(C)(C)OC)C1CCCCC1CN. The molecule has 2 N–H and O–H groups in total. The molecular weight excluding hydrogens is 236 g/mol. The van der Waals surface area contributed by atoms with Crippen LogP contribution in [0.15, 0.2) is 0 Å². The van der Waals surface area contributed by atoms with E-state index in [4.69, 9.17) is 10.5 Å². The summed E-state index contributed by atoms with van der Waals surface area (Å²) in [6.45, 7) is 10.9. The van der Waals surface area contributed by atoms with Crippen molar-refractivity contribution in [2.24, 2.45) is 11.7 Å². The lowest BCUT2D eigenvalue weighted by atomic mass is 9.82. The largest absolute Gasteiger partial charge is 0.379 e. The van der Waals surface area contributed by atoms with Gasteiger partial charge in [0.1, 0.15) is 0 Å². The van der Waals surface area contributed by atoms with Crippen LogP contribution < -0.4 is 5.73 Å². The van der Waals surface area contributed by atoms with Crippen LogP contribution in [0, 0.1) is 5.92 Å². The average Bonchev–Trinajstić information content (AvgIpc) is 2.39. The minimum Gasteiger partial charge on any atom is -0.379 e. The first-order valence-electron chi connectivity index (χ1n) is 7.96. The Morgan fingerprint density at radius 1 is 1.32 bits per heavy atom. The predicted octanol–water partition coefficient (Wildman–Crippen LogP) is 3.03. The third kappa shape index (κ3) is 4.73. The quantitative estimate of drug-likeness (QED) is 0.773. The molecule has 1 aliphatic carbocycles. The first kappa shape index (κ1) is 16.9. The number of hydrogen-bond acceptors (Lipinski definition) is 3. The van der Waals surface area contributed by atoms with Crippen molar-refractivity contribution in [1.82, 2.24) is 4.90 Å². The summed E-state index contributed by atoms with van der Waals surface area (Å²) in [7, 11) is 1.81. The second-order valence-electron chi connectivity index (χ2n) is 6.69. The summed E-state index contributed by atoms with van der Waals surface area (Å²) in [5, 5.41) is 0. The number of ether oxygens (including phenoxy) is 1. The molecular formula is C16H34N2O. The lowest BCUT2D eigenvalue weighted by Crippen LogP contribution is -2.50. The van der Waals surface area contributed by atoms with E-state index in [0.29, 0.717) is 18.0 Å². The van der Waals surface area contributed by atoms with Crippen molar-refractivity contribution in [1.29, 1.82) is 0 Å². The molecule has 0 saturated heterocycles. The maximum Gasteiger partial charge on any atom is 0.0637 e. The van der Waals surface area contributed by atoms with Gasteiger partial charge in [-0.15, -0.1) is 0 Å². The van der Waals surface area contributed by atoms with E-state index in [1.165, 1.54) is 25.7 Å². The summed E-state index contributed by atoms with van der Waals surface area (Å²) >= 11 is 0. The van der Waals surface area contributed by atoms with E-state index in [0.717, 1.165) is 19.5 Å². The summed E-state index contributed by atoms with van der Waals surface area (Å²) in [6.07, 6.45) is 6.41. The average molecular weight is 270 g/mol. The minimum atomic E-state index is -0.0419. The number of hydrogen-bond donors (Lipinski definition) is 1. The first-order valence-corrected chi connectivity index (χ1v) is 7.96. The van der Waals surface area contributed by atoms with Gasteiger partial charge in [0.05, 0.1) is 5.60 Å². The zero-order chi connectivity index (χ0) is 14.5. The molecule has 3 heteroatoms. The third-order valence-electron chi connectivity index (χ3n) is 4.87. The fraction of sp³-hybridized carbons (Fsp3) is 1.00. The van der Waals surface area contributed by atoms with Gasteiger partial charge in [-0.05, 0) is 59.0 Å². The van der Waals surface area contributed by atoms with Crippen LogP contribution in [0.2, 0.25) is 0 Å². The Morgan fingerprint density at radius 3 is 2.47 bits per heavy atom. The van der Waals surface area contributed by atoms with Crippen molar-refractivity contribution < 1.29 is 4.74 Å². The normalized spacial score (nSPS) is 26.7. The molecule has 1 aliphatic rings. The number of nitrogens with two attached hydrogens (primary N) is 1. The fourth-order valence-electron chi connectivity index (χ4n) is 3.68. The molecule has 0 amide bonds. The smallest absolute Gasteiger partial charge is 0.0637 e. The van der Waals surface area contributed by atoms with E-state index in [2.05, 4.69) is 32.6 Å². The highest BCUT2D eigenvalue weighted by Gasteiger charge is 2.33. The topological polar surface area (TPSA) is 38.5 Å². The summed E-state index contributed by atoms with van der Waals surface area (Å²) in [4.78, 5) is 2.66. The zero-order valence-corrected chi connectivity index (χ0v) is 13.6. The predicted molar refractivity (Wildman–Crippen MR) is 82.3 cm³/mol. The van der Waals surface area contributed by atoms with Crippen molar-refractivity contribution in [3.63, 3.8) is 0 Å². The van der Waals surface area contributed by atoms with Gasteiger partial charge in [0, 0.05) is 19.2 Å². The molecule has 0 aromatic heterocycles. The Hall–Kier alpha value is -0.120. The molecule has 114 valence electrons. The maximum atomic E-state index is 5.99. The van der Waals surface area contributed by atoms with Crippen LogP contribution in [-0.2, 0) is 4.74 Å². The van der Waals surface area contributed by atoms with E-state index in [9.17, 15) is 0 Å². The maximum absolute atomic E-state index is 5.99. The van der Waals surface area contributed by atoms with Crippen molar-refractivity contribution in [3.05, 3.63) is 0 Å². The molecule has 1 saturated carbocycles. The van der Waals surface area contributed by atoms with Crippen molar-refractivity contribution in [2.75, 3.05) is 20.2 Å². The standard InChI is InChI=1S/C16H34N2O/c1-6-18(13(2)11-16(3,4)19-5)15-10-8-7-9-14(15)12-17/h13-15H,6-12,17H2,1-5H3. The van der Waals surface area contributed by atoms with E-state index >= 15 is 0 Å². The van der Waals surface area contributed by atoms with Crippen molar-refractivity contribution >= 4 is 0 Å².